The molecule has 20 heavy (non-hydrogen) atoms. The molecule has 0 unspecified atom stereocenters. The van der Waals surface area contributed by atoms with Crippen LogP contribution in [0.4, 0.5) is 0 Å². The van der Waals surface area contributed by atoms with Gasteiger partial charge in [-0.3, -0.25) is 4.79 Å². The fourth-order valence-electron chi connectivity index (χ4n) is 2.96. The van der Waals surface area contributed by atoms with Gasteiger partial charge in [-0.1, -0.05) is 6.07 Å². The molecule has 0 bridgehead atoms. The van der Waals surface area contributed by atoms with E-state index in [1.54, 1.807) is 28.0 Å². The topological polar surface area (TPSA) is 41.4 Å². The maximum atomic E-state index is 12.4. The van der Waals surface area contributed by atoms with Crippen molar-refractivity contribution in [1.82, 2.24) is 4.90 Å². The summed E-state index contributed by atoms with van der Waals surface area (Å²) in [7, 11) is 0. The van der Waals surface area contributed by atoms with Gasteiger partial charge in [0.25, 0.3) is 0 Å². The zero-order valence-electron chi connectivity index (χ0n) is 11.9. The number of nitrogens with one attached hydrogen (secondary N) is 1. The minimum absolute atomic E-state index is 0.104. The van der Waals surface area contributed by atoms with Gasteiger partial charge in [0.2, 0.25) is 5.91 Å². The predicted octanol–water partition coefficient (Wildman–Crippen LogP) is -0.827. The fourth-order valence-corrected chi connectivity index (χ4v) is 5.22. The first-order valence-corrected chi connectivity index (χ1v) is 9.22. The van der Waals surface area contributed by atoms with Crippen molar-refractivity contribution in [3.63, 3.8) is 0 Å². The quantitative estimate of drug-likeness (QED) is 0.762. The number of hydrogen-bond acceptors (Lipinski definition) is 3. The van der Waals surface area contributed by atoms with Crippen LogP contribution in [0.5, 0.6) is 0 Å². The number of amides is 1. The molecule has 0 aromatic carbocycles. The van der Waals surface area contributed by atoms with Crippen LogP contribution >= 0.6 is 23.1 Å². The zero-order chi connectivity index (χ0) is 13.9. The molecular formula is C14H23N3OS2+2. The molecule has 2 aliphatic rings. The predicted molar refractivity (Wildman–Crippen MR) is 83.0 cm³/mol. The molecule has 0 radical (unpaired) electrons. The van der Waals surface area contributed by atoms with Crippen molar-refractivity contribution in [3.05, 3.63) is 22.4 Å². The highest BCUT2D eigenvalue weighted by Crippen LogP contribution is 2.43. The smallest absolute Gasteiger partial charge is 0.236 e. The summed E-state index contributed by atoms with van der Waals surface area (Å²) in [5.74, 6) is 0.316. The SMILES string of the molecule is C[C@H]1S[C@@H](c2cccs2)N(CC[NH+]2CC[NH2+]CC2)C1=O. The number of piperazine rings is 1. The summed E-state index contributed by atoms with van der Waals surface area (Å²) in [5, 5.41) is 4.84. The van der Waals surface area contributed by atoms with E-state index in [0.717, 1.165) is 13.1 Å². The Hall–Kier alpha value is -0.560. The van der Waals surface area contributed by atoms with Gasteiger partial charge in [0.05, 0.1) is 18.3 Å². The van der Waals surface area contributed by atoms with Crippen LogP contribution in [-0.4, -0.2) is 55.3 Å². The molecule has 6 heteroatoms. The Morgan fingerprint density at radius 3 is 2.95 bits per heavy atom. The monoisotopic (exact) mass is 313 g/mol. The third kappa shape index (κ3) is 3.03. The lowest BCUT2D eigenvalue weighted by Gasteiger charge is -2.27. The molecule has 3 heterocycles. The van der Waals surface area contributed by atoms with Gasteiger partial charge < -0.3 is 15.1 Å². The van der Waals surface area contributed by atoms with Gasteiger partial charge in [-0.15, -0.1) is 23.1 Å². The molecule has 1 amide bonds. The number of nitrogens with two attached hydrogens (primary N) is 1. The van der Waals surface area contributed by atoms with Crippen molar-refractivity contribution in [1.29, 1.82) is 0 Å². The molecule has 0 aliphatic carbocycles. The number of thiophene rings is 1. The van der Waals surface area contributed by atoms with Crippen LogP contribution in [0.2, 0.25) is 0 Å². The molecule has 2 aliphatic heterocycles. The van der Waals surface area contributed by atoms with E-state index in [2.05, 4.69) is 27.7 Å². The normalized spacial score (nSPS) is 28.2. The molecular weight excluding hydrogens is 290 g/mol. The van der Waals surface area contributed by atoms with Crippen molar-refractivity contribution in [2.75, 3.05) is 39.3 Å². The van der Waals surface area contributed by atoms with Crippen LogP contribution < -0.4 is 10.2 Å². The molecule has 0 spiro atoms. The Morgan fingerprint density at radius 2 is 2.25 bits per heavy atom. The van der Waals surface area contributed by atoms with E-state index >= 15 is 0 Å². The van der Waals surface area contributed by atoms with Crippen molar-refractivity contribution in [3.8, 4) is 0 Å². The molecule has 2 fully saturated rings. The minimum Gasteiger partial charge on any atom is -0.337 e. The summed E-state index contributed by atoms with van der Waals surface area (Å²) in [6.45, 7) is 8.94. The van der Waals surface area contributed by atoms with Gasteiger partial charge in [-0.25, -0.2) is 0 Å². The highest BCUT2D eigenvalue weighted by Gasteiger charge is 2.39. The number of quaternary nitrogens is 2. The third-order valence-corrected chi connectivity index (χ3v) is 6.59. The van der Waals surface area contributed by atoms with E-state index in [0.29, 0.717) is 5.91 Å². The van der Waals surface area contributed by atoms with Crippen LogP contribution in [0.15, 0.2) is 17.5 Å². The van der Waals surface area contributed by atoms with Crippen LogP contribution in [0.1, 0.15) is 17.2 Å². The number of carbonyl (C=O) groups excluding carboxylic acids is 1. The Kier molecular flexibility index (Phi) is 4.65. The summed E-state index contributed by atoms with van der Waals surface area (Å²) in [4.78, 5) is 17.4. The first-order chi connectivity index (χ1) is 9.75. The van der Waals surface area contributed by atoms with Gasteiger partial charge in [0, 0.05) is 4.88 Å². The highest BCUT2D eigenvalue weighted by atomic mass is 32.2. The lowest BCUT2D eigenvalue weighted by molar-refractivity contribution is -0.946. The lowest BCUT2D eigenvalue weighted by atomic mass is 10.3. The van der Waals surface area contributed by atoms with Crippen LogP contribution in [0.25, 0.3) is 0 Å². The summed E-state index contributed by atoms with van der Waals surface area (Å²) in [5.41, 5.74) is 0. The summed E-state index contributed by atoms with van der Waals surface area (Å²) in [6, 6.07) is 4.24. The zero-order valence-corrected chi connectivity index (χ0v) is 13.5. The van der Waals surface area contributed by atoms with Crippen LogP contribution in [0, 0.1) is 0 Å². The molecule has 0 saturated carbocycles. The number of rotatable bonds is 4. The first-order valence-electron chi connectivity index (χ1n) is 7.40. The second-order valence-electron chi connectivity index (χ2n) is 5.54. The largest absolute Gasteiger partial charge is 0.337 e. The summed E-state index contributed by atoms with van der Waals surface area (Å²) >= 11 is 3.56. The number of carbonyl (C=O) groups is 1. The average molecular weight is 313 g/mol. The average Bonchev–Trinajstić information content (AvgIpc) is 3.08. The van der Waals surface area contributed by atoms with Crippen LogP contribution in [0.3, 0.4) is 0 Å². The van der Waals surface area contributed by atoms with Crippen molar-refractivity contribution in [2.24, 2.45) is 0 Å². The van der Waals surface area contributed by atoms with E-state index in [9.17, 15) is 4.79 Å². The second kappa shape index (κ2) is 6.47. The Bertz CT molecular complexity index is 445. The van der Waals surface area contributed by atoms with E-state index in [1.807, 2.05) is 6.92 Å². The second-order valence-corrected chi connectivity index (χ2v) is 7.95. The molecule has 3 rings (SSSR count). The van der Waals surface area contributed by atoms with E-state index in [4.69, 9.17) is 0 Å². The molecule has 2 atom stereocenters. The molecule has 4 nitrogen and oxygen atoms in total. The van der Waals surface area contributed by atoms with E-state index in [1.165, 1.54) is 31.1 Å². The fraction of sp³-hybridized carbons (Fsp3) is 0.643. The number of thioether (sulfide) groups is 1. The summed E-state index contributed by atoms with van der Waals surface area (Å²) in [6.07, 6.45) is 0. The maximum Gasteiger partial charge on any atom is 0.236 e. The number of nitrogens with zero attached hydrogens (tertiary/aromatic N) is 1. The van der Waals surface area contributed by atoms with E-state index in [-0.39, 0.29) is 10.6 Å². The van der Waals surface area contributed by atoms with Crippen molar-refractivity contribution < 1.29 is 15.0 Å². The lowest BCUT2D eigenvalue weighted by Crippen LogP contribution is -3.20. The van der Waals surface area contributed by atoms with Gasteiger partial charge in [0.15, 0.2) is 0 Å². The van der Waals surface area contributed by atoms with Gasteiger partial charge in [-0.05, 0) is 18.4 Å². The Labute approximate surface area is 128 Å². The first kappa shape index (κ1) is 14.4. The van der Waals surface area contributed by atoms with E-state index < -0.39 is 0 Å². The van der Waals surface area contributed by atoms with Crippen LogP contribution in [-0.2, 0) is 4.79 Å². The van der Waals surface area contributed by atoms with Gasteiger partial charge in [-0.2, -0.15) is 0 Å². The minimum atomic E-state index is 0.104. The maximum absolute atomic E-state index is 12.4. The molecule has 1 aromatic heterocycles. The number of hydrogen-bond donors (Lipinski definition) is 2. The summed E-state index contributed by atoms with van der Waals surface area (Å²) < 4.78 is 0. The molecule has 110 valence electrons. The van der Waals surface area contributed by atoms with Crippen molar-refractivity contribution in [2.45, 2.75) is 17.5 Å². The van der Waals surface area contributed by atoms with Gasteiger partial charge >= 0.3 is 0 Å². The Morgan fingerprint density at radius 1 is 1.45 bits per heavy atom. The Balaban J connectivity index is 1.63. The molecule has 1 aromatic rings. The van der Waals surface area contributed by atoms with Crippen molar-refractivity contribution >= 4 is 29.0 Å². The third-order valence-electron chi connectivity index (χ3n) is 4.14. The van der Waals surface area contributed by atoms with Gasteiger partial charge in [0.1, 0.15) is 31.6 Å². The molecule has 2 saturated heterocycles. The highest BCUT2D eigenvalue weighted by molar-refractivity contribution is 8.01. The molecule has 3 N–H and O–H groups in total. The standard InChI is InChI=1S/C14H21N3OS2/c1-11-13(18)17(9-8-16-6-4-15-5-7-16)14(20-11)12-3-2-10-19-12/h2-3,10-11,14-15H,4-9H2,1H3/p+2/t11-,14+/m1/s1.